The highest BCUT2D eigenvalue weighted by atomic mass is 16.2. The molecular weight excluding hydrogens is 322 g/mol. The van der Waals surface area contributed by atoms with Crippen molar-refractivity contribution in [2.45, 2.75) is 26.7 Å². The molecule has 1 heterocycles. The van der Waals surface area contributed by atoms with Gasteiger partial charge in [0.1, 0.15) is 5.82 Å². The zero-order chi connectivity index (χ0) is 19.0. The number of nitrogens with one attached hydrogen (secondary N) is 2. The largest absolute Gasteiger partial charge is 0.356 e. The van der Waals surface area contributed by atoms with Crippen LogP contribution in [-0.4, -0.2) is 41.4 Å². The van der Waals surface area contributed by atoms with Crippen molar-refractivity contribution in [3.63, 3.8) is 0 Å². The Bertz CT molecular complexity index is 749. The molecule has 1 aromatic rings. The summed E-state index contributed by atoms with van der Waals surface area (Å²) in [6.45, 7) is 4.93. The molecule has 0 fully saturated rings. The molecule has 1 amide bonds. The first-order valence-electron chi connectivity index (χ1n) is 8.18. The maximum atomic E-state index is 12.0. The number of aromatic nitrogens is 2. The number of allylic oxidation sites excluding steroid dienone is 1. The molecule has 0 saturated carbocycles. The smallest absolute Gasteiger partial charge is 0.332 e. The average Bonchev–Trinajstić information content (AvgIpc) is 2.60. The fourth-order valence-electron chi connectivity index (χ4n) is 2.22. The van der Waals surface area contributed by atoms with E-state index in [1.165, 1.54) is 11.6 Å². The van der Waals surface area contributed by atoms with Crippen LogP contribution in [-0.2, 0) is 18.9 Å². The molecule has 8 nitrogen and oxygen atoms in total. The van der Waals surface area contributed by atoms with E-state index in [1.807, 2.05) is 14.0 Å². The Labute approximate surface area is 147 Å². The van der Waals surface area contributed by atoms with Gasteiger partial charge < -0.3 is 10.6 Å². The molecule has 0 unspecified atom stereocenters. The van der Waals surface area contributed by atoms with Gasteiger partial charge in [0.15, 0.2) is 0 Å². The number of carbonyl (C=O) groups excluding carboxylic acids is 1. The molecule has 2 N–H and O–H groups in total. The van der Waals surface area contributed by atoms with Crippen LogP contribution in [0.4, 0.5) is 5.82 Å². The lowest BCUT2D eigenvalue weighted by Crippen LogP contribution is -2.38. The Balaban J connectivity index is 2.77. The van der Waals surface area contributed by atoms with Crippen LogP contribution in [0, 0.1) is 6.92 Å². The molecular formula is C17H27N5O3. The summed E-state index contributed by atoms with van der Waals surface area (Å²) in [5.74, 6) is 0.262. The third-order valence-corrected chi connectivity index (χ3v) is 3.78. The fraction of sp³-hybridized carbons (Fsp3) is 0.529. The highest BCUT2D eigenvalue weighted by molar-refractivity contribution is 5.83. The minimum Gasteiger partial charge on any atom is -0.356 e. The Morgan fingerprint density at radius 2 is 1.88 bits per heavy atom. The molecule has 1 aromatic heterocycles. The summed E-state index contributed by atoms with van der Waals surface area (Å²) in [6, 6.07) is 0. The van der Waals surface area contributed by atoms with Gasteiger partial charge in [-0.15, -0.1) is 0 Å². The second-order valence-corrected chi connectivity index (χ2v) is 5.87. The molecule has 0 aliphatic rings. The monoisotopic (exact) mass is 349 g/mol. The van der Waals surface area contributed by atoms with Crippen molar-refractivity contribution in [2.75, 3.05) is 20.1 Å². The fourth-order valence-corrected chi connectivity index (χ4v) is 2.22. The van der Waals surface area contributed by atoms with Crippen molar-refractivity contribution >= 4 is 17.9 Å². The minimum absolute atomic E-state index is 0.0546. The first kappa shape index (κ1) is 20.6. The van der Waals surface area contributed by atoms with Crippen LogP contribution in [0.15, 0.2) is 26.2 Å². The molecule has 0 spiro atoms. The first-order valence-corrected chi connectivity index (χ1v) is 8.18. The van der Waals surface area contributed by atoms with Gasteiger partial charge in [0, 0.05) is 33.3 Å². The number of nitrogens with zero attached hydrogens (tertiary/aromatic N) is 3. The van der Waals surface area contributed by atoms with E-state index in [9.17, 15) is 14.4 Å². The van der Waals surface area contributed by atoms with Crippen molar-refractivity contribution < 1.29 is 4.79 Å². The number of aliphatic imine (C=N–C) groups is 1. The normalized spacial score (nSPS) is 12.0. The Kier molecular flexibility index (Phi) is 8.00. The number of hydrogen-bond acceptors (Lipinski definition) is 5. The standard InChI is InChI=1S/C17H27N5O3/c1-12(7-8-14(23)19-10-6-9-18-3)11-20-15-13(2)16(24)22(5)17(25)21(15)4/h7,11,18H,6,8-10H2,1-5H3,(H,19,23)/b12-7-,20-11?. The van der Waals surface area contributed by atoms with Gasteiger partial charge in [-0.05, 0) is 39.4 Å². The predicted molar refractivity (Wildman–Crippen MR) is 99.7 cm³/mol. The van der Waals surface area contributed by atoms with Gasteiger partial charge in [0.2, 0.25) is 5.91 Å². The van der Waals surface area contributed by atoms with Crippen LogP contribution in [0.5, 0.6) is 0 Å². The maximum absolute atomic E-state index is 12.0. The molecule has 0 atom stereocenters. The Hall–Kier alpha value is -2.48. The van der Waals surface area contributed by atoms with Crippen molar-refractivity contribution in [2.24, 2.45) is 19.1 Å². The zero-order valence-corrected chi connectivity index (χ0v) is 15.5. The van der Waals surface area contributed by atoms with E-state index in [0.717, 1.165) is 23.1 Å². The minimum atomic E-state index is -0.426. The number of amides is 1. The van der Waals surface area contributed by atoms with E-state index in [1.54, 1.807) is 26.3 Å². The Morgan fingerprint density at radius 3 is 2.52 bits per heavy atom. The molecule has 1 rings (SSSR count). The summed E-state index contributed by atoms with van der Waals surface area (Å²) in [6.07, 6.45) is 4.44. The van der Waals surface area contributed by atoms with Crippen LogP contribution in [0.2, 0.25) is 0 Å². The average molecular weight is 349 g/mol. The lowest BCUT2D eigenvalue weighted by molar-refractivity contribution is -0.120. The molecule has 0 aromatic carbocycles. The van der Waals surface area contributed by atoms with Crippen LogP contribution in [0.3, 0.4) is 0 Å². The molecule has 8 heteroatoms. The number of rotatable bonds is 8. The summed E-state index contributed by atoms with van der Waals surface area (Å²) in [7, 11) is 4.87. The lowest BCUT2D eigenvalue weighted by Gasteiger charge is -2.08. The van der Waals surface area contributed by atoms with Gasteiger partial charge in [-0.1, -0.05) is 6.08 Å². The highest BCUT2D eigenvalue weighted by Crippen LogP contribution is 2.11. The van der Waals surface area contributed by atoms with E-state index in [-0.39, 0.29) is 17.9 Å². The summed E-state index contributed by atoms with van der Waals surface area (Å²) in [4.78, 5) is 39.9. The highest BCUT2D eigenvalue weighted by Gasteiger charge is 2.10. The summed E-state index contributed by atoms with van der Waals surface area (Å²) < 4.78 is 2.38. The number of hydrogen-bond donors (Lipinski definition) is 2. The van der Waals surface area contributed by atoms with Crippen LogP contribution < -0.4 is 21.9 Å². The first-order chi connectivity index (χ1) is 11.8. The molecule has 0 aliphatic carbocycles. The topological polar surface area (TPSA) is 97.5 Å². The van der Waals surface area contributed by atoms with E-state index in [4.69, 9.17) is 0 Å². The van der Waals surface area contributed by atoms with Crippen molar-refractivity contribution in [3.8, 4) is 0 Å². The van der Waals surface area contributed by atoms with E-state index < -0.39 is 5.69 Å². The van der Waals surface area contributed by atoms with Gasteiger partial charge >= 0.3 is 5.69 Å². The van der Waals surface area contributed by atoms with E-state index >= 15 is 0 Å². The number of carbonyl (C=O) groups is 1. The molecule has 0 aliphatic heterocycles. The van der Waals surface area contributed by atoms with Crippen LogP contribution in [0.25, 0.3) is 0 Å². The van der Waals surface area contributed by atoms with Crippen molar-refractivity contribution in [1.29, 1.82) is 0 Å². The van der Waals surface area contributed by atoms with E-state index in [2.05, 4.69) is 15.6 Å². The second-order valence-electron chi connectivity index (χ2n) is 5.87. The zero-order valence-electron chi connectivity index (χ0n) is 15.5. The molecule has 0 radical (unpaired) electrons. The predicted octanol–water partition coefficient (Wildman–Crippen LogP) is 0.157. The van der Waals surface area contributed by atoms with Gasteiger partial charge in [-0.25, -0.2) is 9.79 Å². The third kappa shape index (κ3) is 5.82. The Morgan fingerprint density at radius 1 is 1.20 bits per heavy atom. The van der Waals surface area contributed by atoms with Crippen LogP contribution >= 0.6 is 0 Å². The lowest BCUT2D eigenvalue weighted by atomic mass is 10.2. The van der Waals surface area contributed by atoms with Gasteiger partial charge in [0.25, 0.3) is 5.56 Å². The summed E-state index contributed by atoms with van der Waals surface area (Å²) in [5, 5.41) is 5.84. The van der Waals surface area contributed by atoms with Crippen molar-refractivity contribution in [1.82, 2.24) is 19.8 Å². The molecule has 0 saturated heterocycles. The molecule has 138 valence electrons. The molecule has 0 bridgehead atoms. The summed E-state index contributed by atoms with van der Waals surface area (Å²) in [5.41, 5.74) is 0.386. The van der Waals surface area contributed by atoms with E-state index in [0.29, 0.717) is 17.9 Å². The second kappa shape index (κ2) is 9.73. The van der Waals surface area contributed by atoms with Gasteiger partial charge in [-0.2, -0.15) is 0 Å². The summed E-state index contributed by atoms with van der Waals surface area (Å²) >= 11 is 0. The third-order valence-electron chi connectivity index (χ3n) is 3.78. The maximum Gasteiger partial charge on any atom is 0.332 e. The van der Waals surface area contributed by atoms with Crippen LogP contribution in [0.1, 0.15) is 25.3 Å². The van der Waals surface area contributed by atoms with Gasteiger partial charge in [-0.3, -0.25) is 18.7 Å². The quantitative estimate of drug-likeness (QED) is 0.516. The van der Waals surface area contributed by atoms with Crippen molar-refractivity contribution in [3.05, 3.63) is 38.1 Å². The molecule has 25 heavy (non-hydrogen) atoms. The van der Waals surface area contributed by atoms with Gasteiger partial charge in [0.05, 0.1) is 5.56 Å². The SMILES string of the molecule is CNCCCNC(=O)C/C=C(/C)C=Nc1c(C)c(=O)n(C)c(=O)n1C.